The summed E-state index contributed by atoms with van der Waals surface area (Å²) >= 11 is 0. The Morgan fingerprint density at radius 2 is 1.57 bits per heavy atom. The first-order valence-corrected chi connectivity index (χ1v) is 7.06. The van der Waals surface area contributed by atoms with Gasteiger partial charge in [0.05, 0.1) is 6.20 Å². The highest BCUT2D eigenvalue weighted by Gasteiger charge is 2.13. The van der Waals surface area contributed by atoms with Gasteiger partial charge in [-0.15, -0.1) is 0 Å². The zero-order valence-electron chi connectivity index (χ0n) is 12.9. The van der Waals surface area contributed by atoms with E-state index in [0.717, 1.165) is 11.1 Å². The lowest BCUT2D eigenvalue weighted by molar-refractivity contribution is 0.437. The number of nitrogens with zero attached hydrogens (tertiary/aromatic N) is 3. The van der Waals surface area contributed by atoms with Crippen LogP contribution in [-0.4, -0.2) is 15.0 Å². The molecule has 0 aliphatic carbocycles. The average Bonchev–Trinajstić information content (AvgIpc) is 2.51. The third kappa shape index (κ3) is 3.55. The SMILES string of the molecule is Cc1cc(C)cc(Oc2ncnc(Oc3cccnc3)c2N)c1. The van der Waals surface area contributed by atoms with E-state index in [9.17, 15) is 0 Å². The van der Waals surface area contributed by atoms with Crippen LogP contribution in [0, 0.1) is 13.8 Å². The fraction of sp³-hybridized carbons (Fsp3) is 0.118. The van der Waals surface area contributed by atoms with E-state index in [2.05, 4.69) is 21.0 Å². The summed E-state index contributed by atoms with van der Waals surface area (Å²) in [5.74, 6) is 1.69. The van der Waals surface area contributed by atoms with Crippen molar-refractivity contribution in [2.75, 3.05) is 5.73 Å². The monoisotopic (exact) mass is 308 g/mol. The molecule has 0 aliphatic rings. The molecule has 0 saturated heterocycles. The molecule has 2 aromatic heterocycles. The van der Waals surface area contributed by atoms with Crippen molar-refractivity contribution in [3.8, 4) is 23.3 Å². The maximum absolute atomic E-state index is 6.06. The predicted octanol–water partition coefficient (Wildman–Crippen LogP) is 3.66. The van der Waals surface area contributed by atoms with Crippen molar-refractivity contribution >= 4 is 5.69 Å². The first kappa shape index (κ1) is 14.8. The quantitative estimate of drug-likeness (QED) is 0.792. The molecule has 3 aromatic rings. The largest absolute Gasteiger partial charge is 0.437 e. The van der Waals surface area contributed by atoms with Gasteiger partial charge in [0, 0.05) is 6.20 Å². The van der Waals surface area contributed by atoms with Crippen LogP contribution in [-0.2, 0) is 0 Å². The molecule has 0 bridgehead atoms. The Kier molecular flexibility index (Phi) is 4.05. The van der Waals surface area contributed by atoms with Crippen LogP contribution in [0.2, 0.25) is 0 Å². The van der Waals surface area contributed by atoms with E-state index in [-0.39, 0.29) is 17.4 Å². The molecule has 0 radical (unpaired) electrons. The normalized spacial score (nSPS) is 10.3. The van der Waals surface area contributed by atoms with Crippen LogP contribution in [0.15, 0.2) is 49.1 Å². The van der Waals surface area contributed by atoms with Crippen molar-refractivity contribution in [2.45, 2.75) is 13.8 Å². The second-order valence-electron chi connectivity index (χ2n) is 5.11. The molecule has 6 heteroatoms. The van der Waals surface area contributed by atoms with E-state index in [1.165, 1.54) is 6.33 Å². The Morgan fingerprint density at radius 1 is 0.913 bits per heavy atom. The molecule has 1 aromatic carbocycles. The minimum absolute atomic E-state index is 0.229. The number of nitrogens with two attached hydrogens (primary N) is 1. The first-order chi connectivity index (χ1) is 11.1. The van der Waals surface area contributed by atoms with Gasteiger partial charge in [0.2, 0.25) is 11.8 Å². The lowest BCUT2D eigenvalue weighted by Gasteiger charge is -2.11. The van der Waals surface area contributed by atoms with E-state index >= 15 is 0 Å². The molecule has 0 fully saturated rings. The van der Waals surface area contributed by atoms with Crippen LogP contribution >= 0.6 is 0 Å². The van der Waals surface area contributed by atoms with Crippen molar-refractivity contribution < 1.29 is 9.47 Å². The summed E-state index contributed by atoms with van der Waals surface area (Å²) in [5.41, 5.74) is 8.49. The number of nitrogen functional groups attached to an aromatic ring is 1. The number of hydrogen-bond acceptors (Lipinski definition) is 6. The molecule has 2 heterocycles. The molecule has 23 heavy (non-hydrogen) atoms. The summed E-state index contributed by atoms with van der Waals surface area (Å²) in [6.45, 7) is 4.00. The highest BCUT2D eigenvalue weighted by molar-refractivity contribution is 5.58. The smallest absolute Gasteiger partial charge is 0.249 e. The van der Waals surface area contributed by atoms with Crippen LogP contribution < -0.4 is 15.2 Å². The van der Waals surface area contributed by atoms with E-state index in [4.69, 9.17) is 15.2 Å². The Bertz CT molecular complexity index is 802. The molecule has 0 unspecified atom stereocenters. The van der Waals surface area contributed by atoms with Gasteiger partial charge in [-0.05, 0) is 49.2 Å². The number of rotatable bonds is 4. The summed E-state index contributed by atoms with van der Waals surface area (Å²) < 4.78 is 11.4. The molecular formula is C17H16N4O2. The van der Waals surface area contributed by atoms with E-state index in [1.807, 2.05) is 26.0 Å². The van der Waals surface area contributed by atoms with Gasteiger partial charge in [0.25, 0.3) is 0 Å². The molecule has 0 aliphatic heterocycles. The second kappa shape index (κ2) is 6.31. The third-order valence-corrected chi connectivity index (χ3v) is 3.07. The fourth-order valence-electron chi connectivity index (χ4n) is 2.15. The molecule has 3 rings (SSSR count). The highest BCUT2D eigenvalue weighted by Crippen LogP contribution is 2.33. The van der Waals surface area contributed by atoms with Gasteiger partial charge in [-0.1, -0.05) is 6.07 Å². The standard InChI is InChI=1S/C17H16N4O2/c1-11-6-12(2)8-14(7-11)23-17-15(18)16(20-10-21-17)22-13-4-3-5-19-9-13/h3-10H,18H2,1-2H3. The first-order valence-electron chi connectivity index (χ1n) is 7.06. The third-order valence-electron chi connectivity index (χ3n) is 3.07. The fourth-order valence-corrected chi connectivity index (χ4v) is 2.15. The van der Waals surface area contributed by atoms with Crippen molar-refractivity contribution in [3.63, 3.8) is 0 Å². The second-order valence-corrected chi connectivity index (χ2v) is 5.11. The number of anilines is 1. The van der Waals surface area contributed by atoms with Crippen molar-refractivity contribution in [2.24, 2.45) is 0 Å². The Labute approximate surface area is 134 Å². The van der Waals surface area contributed by atoms with E-state index in [1.54, 1.807) is 24.5 Å². The Morgan fingerprint density at radius 3 is 2.17 bits per heavy atom. The van der Waals surface area contributed by atoms with Gasteiger partial charge in [-0.25, -0.2) is 0 Å². The van der Waals surface area contributed by atoms with Crippen molar-refractivity contribution in [1.29, 1.82) is 0 Å². The maximum atomic E-state index is 6.06. The molecule has 0 amide bonds. The van der Waals surface area contributed by atoms with Gasteiger partial charge >= 0.3 is 0 Å². The van der Waals surface area contributed by atoms with Crippen LogP contribution in [0.5, 0.6) is 23.3 Å². The van der Waals surface area contributed by atoms with Crippen molar-refractivity contribution in [3.05, 3.63) is 60.2 Å². The van der Waals surface area contributed by atoms with E-state index in [0.29, 0.717) is 11.5 Å². The molecule has 0 spiro atoms. The molecule has 2 N–H and O–H groups in total. The summed E-state index contributed by atoms with van der Waals surface area (Å²) in [4.78, 5) is 12.1. The Hall–Kier alpha value is -3.15. The molecule has 0 atom stereocenters. The number of ether oxygens (including phenoxy) is 2. The van der Waals surface area contributed by atoms with E-state index < -0.39 is 0 Å². The van der Waals surface area contributed by atoms with Crippen LogP contribution in [0.4, 0.5) is 5.69 Å². The summed E-state index contributed by atoms with van der Waals surface area (Å²) in [5, 5.41) is 0. The summed E-state index contributed by atoms with van der Waals surface area (Å²) in [6.07, 6.45) is 4.58. The van der Waals surface area contributed by atoms with Crippen molar-refractivity contribution in [1.82, 2.24) is 15.0 Å². The molecule has 0 saturated carbocycles. The lowest BCUT2D eigenvalue weighted by atomic mass is 10.1. The van der Waals surface area contributed by atoms with Gasteiger partial charge < -0.3 is 15.2 Å². The molecule has 6 nitrogen and oxygen atoms in total. The number of aryl methyl sites for hydroxylation is 2. The zero-order valence-corrected chi connectivity index (χ0v) is 12.9. The summed E-state index contributed by atoms with van der Waals surface area (Å²) in [7, 11) is 0. The predicted molar refractivity (Wildman–Crippen MR) is 86.7 cm³/mol. The average molecular weight is 308 g/mol. The Balaban J connectivity index is 1.87. The van der Waals surface area contributed by atoms with Gasteiger partial charge in [0.1, 0.15) is 17.8 Å². The number of hydrogen-bond donors (Lipinski definition) is 1. The number of benzene rings is 1. The topological polar surface area (TPSA) is 83.2 Å². The zero-order chi connectivity index (χ0) is 16.2. The van der Waals surface area contributed by atoms with Gasteiger partial charge in [-0.3, -0.25) is 4.98 Å². The highest BCUT2D eigenvalue weighted by atomic mass is 16.5. The van der Waals surface area contributed by atoms with Gasteiger partial charge in [-0.2, -0.15) is 9.97 Å². The van der Waals surface area contributed by atoms with Crippen LogP contribution in [0.1, 0.15) is 11.1 Å². The maximum Gasteiger partial charge on any atom is 0.249 e. The minimum atomic E-state index is 0.229. The summed E-state index contributed by atoms with van der Waals surface area (Å²) in [6, 6.07) is 9.41. The molecule has 116 valence electrons. The number of pyridine rings is 1. The minimum Gasteiger partial charge on any atom is -0.437 e. The van der Waals surface area contributed by atoms with Crippen LogP contribution in [0.3, 0.4) is 0 Å². The lowest BCUT2D eigenvalue weighted by Crippen LogP contribution is -2.00. The number of aromatic nitrogens is 3. The molecular weight excluding hydrogens is 292 g/mol. The van der Waals surface area contributed by atoms with Gasteiger partial charge in [0.15, 0.2) is 5.69 Å². The van der Waals surface area contributed by atoms with Crippen LogP contribution in [0.25, 0.3) is 0 Å².